The summed E-state index contributed by atoms with van der Waals surface area (Å²) in [4.78, 5) is 26.9. The van der Waals surface area contributed by atoms with Crippen LogP contribution in [0, 0.1) is 0 Å². The summed E-state index contributed by atoms with van der Waals surface area (Å²) in [5, 5.41) is 5.26. The maximum Gasteiger partial charge on any atom is 0.412 e. The molecule has 2 N–H and O–H groups in total. The zero-order valence-electron chi connectivity index (χ0n) is 12.5. The molecule has 0 radical (unpaired) electrons. The zero-order valence-corrected chi connectivity index (χ0v) is 12.5. The molecule has 0 aromatic carbocycles. The van der Waals surface area contributed by atoms with Gasteiger partial charge in [0.25, 0.3) is 0 Å². The Morgan fingerprint density at radius 2 is 1.95 bits per heavy atom. The Morgan fingerprint density at radius 1 is 1.30 bits per heavy atom. The molecule has 2 amide bonds. The molecule has 0 unspecified atom stereocenters. The monoisotopic (exact) mass is 279 g/mol. The van der Waals surface area contributed by atoms with E-state index in [1.807, 2.05) is 6.92 Å². The Bertz CT molecular complexity index is 507. The van der Waals surface area contributed by atoms with E-state index in [-0.39, 0.29) is 5.91 Å². The summed E-state index contributed by atoms with van der Waals surface area (Å²) in [6, 6.07) is 1.62. The highest BCUT2D eigenvalue weighted by atomic mass is 16.6. The molecule has 0 aliphatic heterocycles. The molecule has 6 nitrogen and oxygen atoms in total. The largest absolute Gasteiger partial charge is 0.444 e. The second kappa shape index (κ2) is 6.36. The molecular weight excluding hydrogens is 258 g/mol. The molecule has 20 heavy (non-hydrogen) atoms. The van der Waals surface area contributed by atoms with Crippen LogP contribution in [0.1, 0.15) is 40.2 Å². The number of nitrogens with zero attached hydrogens (tertiary/aromatic N) is 1. The summed E-state index contributed by atoms with van der Waals surface area (Å²) >= 11 is 0. The molecule has 0 aliphatic carbocycles. The molecule has 0 saturated heterocycles. The summed E-state index contributed by atoms with van der Waals surface area (Å²) in [7, 11) is 0. The van der Waals surface area contributed by atoms with Crippen molar-refractivity contribution in [1.82, 2.24) is 4.98 Å². The first-order chi connectivity index (χ1) is 9.21. The number of hydrogen-bond acceptors (Lipinski definition) is 4. The van der Waals surface area contributed by atoms with Gasteiger partial charge >= 0.3 is 6.09 Å². The molecule has 0 bridgehead atoms. The first-order valence-electron chi connectivity index (χ1n) is 6.47. The maximum absolute atomic E-state index is 11.8. The topological polar surface area (TPSA) is 80.3 Å². The number of nitrogens with one attached hydrogen (secondary N) is 2. The molecule has 0 saturated carbocycles. The van der Waals surface area contributed by atoms with Crippen LogP contribution in [0.2, 0.25) is 0 Å². The second-order valence-electron chi connectivity index (χ2n) is 5.39. The number of rotatable bonds is 3. The quantitative estimate of drug-likeness (QED) is 0.891. The van der Waals surface area contributed by atoms with Crippen molar-refractivity contribution in [2.24, 2.45) is 0 Å². The molecule has 1 aromatic rings. The number of aromatic nitrogens is 1. The molecule has 0 spiro atoms. The van der Waals surface area contributed by atoms with E-state index in [4.69, 9.17) is 4.74 Å². The van der Waals surface area contributed by atoms with Gasteiger partial charge in [0, 0.05) is 19.2 Å². The molecule has 6 heteroatoms. The number of anilines is 2. The molecule has 1 rings (SSSR count). The van der Waals surface area contributed by atoms with E-state index < -0.39 is 11.7 Å². The third-order valence-electron chi connectivity index (χ3n) is 2.31. The summed E-state index contributed by atoms with van der Waals surface area (Å²) in [6.45, 7) is 8.74. The van der Waals surface area contributed by atoms with Gasteiger partial charge in [-0.05, 0) is 32.8 Å². The lowest BCUT2D eigenvalue weighted by Crippen LogP contribution is -2.27. The van der Waals surface area contributed by atoms with Gasteiger partial charge in [0.1, 0.15) is 11.4 Å². The average molecular weight is 279 g/mol. The molecule has 110 valence electrons. The van der Waals surface area contributed by atoms with Gasteiger partial charge in [-0.2, -0.15) is 0 Å². The van der Waals surface area contributed by atoms with Gasteiger partial charge in [-0.25, -0.2) is 9.78 Å². The van der Waals surface area contributed by atoms with Crippen LogP contribution < -0.4 is 10.6 Å². The van der Waals surface area contributed by atoms with E-state index in [1.165, 1.54) is 6.92 Å². The number of amides is 2. The molecule has 0 aliphatic rings. The van der Waals surface area contributed by atoms with E-state index in [0.29, 0.717) is 17.9 Å². The van der Waals surface area contributed by atoms with Gasteiger partial charge in [-0.3, -0.25) is 10.1 Å². The fourth-order valence-electron chi connectivity index (χ4n) is 1.54. The minimum atomic E-state index is -0.566. The Balaban J connectivity index is 2.91. The molecular formula is C14H21N3O3. The summed E-state index contributed by atoms with van der Waals surface area (Å²) < 4.78 is 5.20. The van der Waals surface area contributed by atoms with Crippen molar-refractivity contribution in [3.8, 4) is 0 Å². The average Bonchev–Trinajstić information content (AvgIpc) is 2.25. The Hall–Kier alpha value is -2.11. The van der Waals surface area contributed by atoms with Crippen LogP contribution in [-0.4, -0.2) is 22.6 Å². The van der Waals surface area contributed by atoms with Gasteiger partial charge in [-0.1, -0.05) is 6.92 Å². The van der Waals surface area contributed by atoms with Gasteiger partial charge < -0.3 is 10.1 Å². The minimum absolute atomic E-state index is 0.218. The van der Waals surface area contributed by atoms with E-state index in [2.05, 4.69) is 15.6 Å². The van der Waals surface area contributed by atoms with Gasteiger partial charge in [0.2, 0.25) is 5.91 Å². The second-order valence-corrected chi connectivity index (χ2v) is 5.39. The number of hydrogen-bond donors (Lipinski definition) is 2. The predicted octanol–water partition coefficient (Wildman–Crippen LogP) is 2.95. The highest BCUT2D eigenvalue weighted by molar-refractivity contribution is 5.90. The Morgan fingerprint density at radius 3 is 2.45 bits per heavy atom. The number of aryl methyl sites for hydroxylation is 1. The third-order valence-corrected chi connectivity index (χ3v) is 2.31. The van der Waals surface area contributed by atoms with Crippen molar-refractivity contribution in [2.45, 2.75) is 46.6 Å². The van der Waals surface area contributed by atoms with Crippen molar-refractivity contribution in [2.75, 3.05) is 10.6 Å². The normalized spacial score (nSPS) is 10.8. The Labute approximate surface area is 118 Å². The fraction of sp³-hybridized carbons (Fsp3) is 0.500. The van der Waals surface area contributed by atoms with Crippen LogP contribution in [-0.2, 0) is 16.0 Å². The summed E-state index contributed by atoms with van der Waals surface area (Å²) in [6.07, 6.45) is 1.79. The summed E-state index contributed by atoms with van der Waals surface area (Å²) in [5.41, 5.74) is 0.884. The smallest absolute Gasteiger partial charge is 0.412 e. The van der Waals surface area contributed by atoms with E-state index in [1.54, 1.807) is 33.0 Å². The SMILES string of the molecule is CCc1cnc(NC(C)=O)cc1NC(=O)OC(C)(C)C. The van der Waals surface area contributed by atoms with Crippen molar-refractivity contribution in [3.05, 3.63) is 17.8 Å². The number of carbonyl (C=O) groups excluding carboxylic acids is 2. The van der Waals surface area contributed by atoms with Crippen LogP contribution in [0.25, 0.3) is 0 Å². The first kappa shape index (κ1) is 15.9. The van der Waals surface area contributed by atoms with Crippen LogP contribution in [0.3, 0.4) is 0 Å². The first-order valence-corrected chi connectivity index (χ1v) is 6.47. The van der Waals surface area contributed by atoms with Gasteiger partial charge in [0.05, 0.1) is 5.69 Å². The van der Waals surface area contributed by atoms with Gasteiger partial charge in [0.15, 0.2) is 0 Å². The predicted molar refractivity (Wildman–Crippen MR) is 77.8 cm³/mol. The van der Waals surface area contributed by atoms with Crippen LogP contribution in [0.4, 0.5) is 16.3 Å². The highest BCUT2D eigenvalue weighted by Gasteiger charge is 2.17. The van der Waals surface area contributed by atoms with Crippen molar-refractivity contribution >= 4 is 23.5 Å². The number of carbonyl (C=O) groups is 2. The van der Waals surface area contributed by atoms with Crippen LogP contribution >= 0.6 is 0 Å². The third kappa shape index (κ3) is 5.26. The van der Waals surface area contributed by atoms with Crippen molar-refractivity contribution in [1.29, 1.82) is 0 Å². The molecule has 1 aromatic heterocycles. The lowest BCUT2D eigenvalue weighted by molar-refractivity contribution is -0.114. The summed E-state index contributed by atoms with van der Waals surface area (Å²) in [5.74, 6) is 0.172. The standard InChI is InChI=1S/C14H21N3O3/c1-6-10-8-15-12(16-9(2)18)7-11(10)17-13(19)20-14(3,4)5/h7-8H,6H2,1-5H3,(H2,15,16,17,18,19). The zero-order chi connectivity index (χ0) is 15.3. The molecule has 0 fully saturated rings. The van der Waals surface area contributed by atoms with E-state index in [9.17, 15) is 9.59 Å². The highest BCUT2D eigenvalue weighted by Crippen LogP contribution is 2.20. The Kier molecular flexibility index (Phi) is 5.07. The minimum Gasteiger partial charge on any atom is -0.444 e. The fourth-order valence-corrected chi connectivity index (χ4v) is 1.54. The molecule has 0 atom stereocenters. The number of pyridine rings is 1. The number of ether oxygens (including phenoxy) is 1. The van der Waals surface area contributed by atoms with Crippen molar-refractivity contribution in [3.63, 3.8) is 0 Å². The molecule has 1 heterocycles. The van der Waals surface area contributed by atoms with Crippen LogP contribution in [0.5, 0.6) is 0 Å². The van der Waals surface area contributed by atoms with Crippen molar-refractivity contribution < 1.29 is 14.3 Å². The van der Waals surface area contributed by atoms with Crippen LogP contribution in [0.15, 0.2) is 12.3 Å². The van der Waals surface area contributed by atoms with E-state index in [0.717, 1.165) is 5.56 Å². The maximum atomic E-state index is 11.8. The lowest BCUT2D eigenvalue weighted by atomic mass is 10.2. The lowest BCUT2D eigenvalue weighted by Gasteiger charge is -2.20. The van der Waals surface area contributed by atoms with Gasteiger partial charge in [-0.15, -0.1) is 0 Å². The van der Waals surface area contributed by atoms with E-state index >= 15 is 0 Å².